The van der Waals surface area contributed by atoms with E-state index in [0.717, 1.165) is 18.8 Å². The van der Waals surface area contributed by atoms with Crippen molar-refractivity contribution in [3.8, 4) is 0 Å². The summed E-state index contributed by atoms with van der Waals surface area (Å²) in [5.74, 6) is 0.307. The van der Waals surface area contributed by atoms with Gasteiger partial charge >= 0.3 is 5.97 Å². The van der Waals surface area contributed by atoms with E-state index in [1.807, 2.05) is 0 Å². The lowest BCUT2D eigenvalue weighted by Crippen LogP contribution is -2.27. The van der Waals surface area contributed by atoms with Crippen molar-refractivity contribution >= 4 is 17.5 Å². The highest BCUT2D eigenvalue weighted by atomic mass is 16.4. The zero-order valence-electron chi connectivity index (χ0n) is 10.5. The topological polar surface area (TPSA) is 88.2 Å². The number of rotatable bonds is 3. The third kappa shape index (κ3) is 2.91. The Bertz CT molecular complexity index is 448. The molecule has 1 aromatic rings. The van der Waals surface area contributed by atoms with E-state index >= 15 is 0 Å². The van der Waals surface area contributed by atoms with Crippen LogP contribution in [0.4, 0.5) is 11.5 Å². The van der Waals surface area contributed by atoms with Crippen LogP contribution in [0.15, 0.2) is 12.3 Å². The monoisotopic (exact) mass is 249 g/mol. The standard InChI is InChI=1S/C13H19N3O2/c1-8-3-2-4-10(5-8)16-12-11(14)6-9(7-15-12)13(17)18/h6-8,10H,2-5,14H2,1H3,(H,15,16)(H,17,18). The van der Waals surface area contributed by atoms with Crippen LogP contribution < -0.4 is 11.1 Å². The van der Waals surface area contributed by atoms with Gasteiger partial charge in [0, 0.05) is 12.2 Å². The van der Waals surface area contributed by atoms with Crippen molar-refractivity contribution in [3.63, 3.8) is 0 Å². The molecule has 5 heteroatoms. The first-order valence-electron chi connectivity index (χ1n) is 6.31. The zero-order valence-corrected chi connectivity index (χ0v) is 10.5. The average molecular weight is 249 g/mol. The third-order valence-corrected chi connectivity index (χ3v) is 3.44. The summed E-state index contributed by atoms with van der Waals surface area (Å²) in [7, 11) is 0. The molecule has 0 aliphatic heterocycles. The molecule has 98 valence electrons. The first-order chi connectivity index (χ1) is 8.56. The minimum absolute atomic E-state index is 0.120. The second-order valence-electron chi connectivity index (χ2n) is 5.08. The van der Waals surface area contributed by atoms with Crippen LogP contribution in [0.2, 0.25) is 0 Å². The number of pyridine rings is 1. The number of carbonyl (C=O) groups is 1. The van der Waals surface area contributed by atoms with Crippen LogP contribution in [0.1, 0.15) is 43.0 Å². The molecule has 4 N–H and O–H groups in total. The van der Waals surface area contributed by atoms with Crippen molar-refractivity contribution in [1.82, 2.24) is 4.98 Å². The number of nitrogens with zero attached hydrogens (tertiary/aromatic N) is 1. The van der Waals surface area contributed by atoms with E-state index < -0.39 is 5.97 Å². The highest BCUT2D eigenvalue weighted by Gasteiger charge is 2.19. The van der Waals surface area contributed by atoms with Gasteiger partial charge in [-0.2, -0.15) is 0 Å². The van der Waals surface area contributed by atoms with Crippen molar-refractivity contribution < 1.29 is 9.90 Å². The molecule has 0 radical (unpaired) electrons. The predicted octanol–water partition coefficient (Wildman–Crippen LogP) is 2.35. The Balaban J connectivity index is 2.07. The van der Waals surface area contributed by atoms with Crippen LogP contribution in [-0.2, 0) is 0 Å². The fourth-order valence-corrected chi connectivity index (χ4v) is 2.48. The first-order valence-corrected chi connectivity index (χ1v) is 6.31. The number of hydrogen-bond acceptors (Lipinski definition) is 4. The minimum atomic E-state index is -1.01. The van der Waals surface area contributed by atoms with Gasteiger partial charge in [-0.3, -0.25) is 0 Å². The van der Waals surface area contributed by atoms with E-state index in [2.05, 4.69) is 17.2 Å². The van der Waals surface area contributed by atoms with Crippen LogP contribution in [0.3, 0.4) is 0 Å². The predicted molar refractivity (Wildman–Crippen MR) is 70.7 cm³/mol. The molecule has 1 aromatic heterocycles. The molecule has 1 aliphatic carbocycles. The zero-order chi connectivity index (χ0) is 13.1. The van der Waals surface area contributed by atoms with Gasteiger partial charge < -0.3 is 16.2 Å². The molecule has 2 rings (SSSR count). The Morgan fingerprint density at radius 2 is 2.33 bits per heavy atom. The molecule has 18 heavy (non-hydrogen) atoms. The molecule has 0 bridgehead atoms. The molecule has 2 atom stereocenters. The van der Waals surface area contributed by atoms with Crippen molar-refractivity contribution in [2.45, 2.75) is 38.6 Å². The van der Waals surface area contributed by atoms with Gasteiger partial charge in [-0.25, -0.2) is 9.78 Å². The van der Waals surface area contributed by atoms with Gasteiger partial charge in [0.1, 0.15) is 5.82 Å². The molecule has 1 saturated carbocycles. The van der Waals surface area contributed by atoms with E-state index in [0.29, 0.717) is 17.5 Å². The SMILES string of the molecule is CC1CCCC(Nc2ncc(C(=O)O)cc2N)C1. The van der Waals surface area contributed by atoms with Gasteiger partial charge in [0.25, 0.3) is 0 Å². The Morgan fingerprint density at radius 3 is 2.94 bits per heavy atom. The van der Waals surface area contributed by atoms with E-state index in [9.17, 15) is 4.79 Å². The van der Waals surface area contributed by atoms with Crippen molar-refractivity contribution in [2.75, 3.05) is 11.1 Å². The quantitative estimate of drug-likeness (QED) is 0.765. The van der Waals surface area contributed by atoms with Crippen molar-refractivity contribution in [1.29, 1.82) is 0 Å². The summed E-state index contributed by atoms with van der Waals surface area (Å²) in [6, 6.07) is 1.84. The summed E-state index contributed by atoms with van der Waals surface area (Å²) < 4.78 is 0. The lowest BCUT2D eigenvalue weighted by Gasteiger charge is -2.28. The number of nitrogens with one attached hydrogen (secondary N) is 1. The first kappa shape index (κ1) is 12.7. The van der Waals surface area contributed by atoms with E-state index in [4.69, 9.17) is 10.8 Å². The highest BCUT2D eigenvalue weighted by Crippen LogP contribution is 2.27. The summed E-state index contributed by atoms with van der Waals surface area (Å²) in [4.78, 5) is 14.9. The lowest BCUT2D eigenvalue weighted by atomic mass is 9.87. The van der Waals surface area contributed by atoms with Gasteiger partial charge in [-0.15, -0.1) is 0 Å². The molecule has 1 aliphatic rings. The van der Waals surface area contributed by atoms with E-state index in [1.54, 1.807) is 0 Å². The average Bonchev–Trinajstić information content (AvgIpc) is 2.31. The van der Waals surface area contributed by atoms with Gasteiger partial charge in [-0.1, -0.05) is 19.8 Å². The molecule has 0 amide bonds. The summed E-state index contributed by atoms with van der Waals surface area (Å²) in [5, 5.41) is 12.2. The second-order valence-corrected chi connectivity index (χ2v) is 5.08. The maximum absolute atomic E-state index is 10.8. The second kappa shape index (κ2) is 5.25. The van der Waals surface area contributed by atoms with E-state index in [-0.39, 0.29) is 5.56 Å². The van der Waals surface area contributed by atoms with Crippen LogP contribution in [0.25, 0.3) is 0 Å². The Labute approximate surface area is 106 Å². The summed E-state index contributed by atoms with van der Waals surface area (Å²) in [6.07, 6.45) is 6.06. The van der Waals surface area contributed by atoms with Gasteiger partial charge in [0.2, 0.25) is 0 Å². The Kier molecular flexibility index (Phi) is 3.69. The van der Waals surface area contributed by atoms with Gasteiger partial charge in [0.15, 0.2) is 0 Å². The van der Waals surface area contributed by atoms with Crippen LogP contribution in [0.5, 0.6) is 0 Å². The maximum Gasteiger partial charge on any atom is 0.337 e. The van der Waals surface area contributed by atoms with Crippen LogP contribution >= 0.6 is 0 Å². The summed E-state index contributed by atoms with van der Waals surface area (Å²) >= 11 is 0. The Hall–Kier alpha value is -1.78. The summed E-state index contributed by atoms with van der Waals surface area (Å²) in [6.45, 7) is 2.25. The molecular formula is C13H19N3O2. The van der Waals surface area contributed by atoms with E-state index in [1.165, 1.54) is 25.1 Å². The minimum Gasteiger partial charge on any atom is -0.478 e. The molecule has 0 saturated heterocycles. The van der Waals surface area contributed by atoms with Crippen LogP contribution in [0, 0.1) is 5.92 Å². The fourth-order valence-electron chi connectivity index (χ4n) is 2.48. The summed E-state index contributed by atoms with van der Waals surface area (Å²) in [5.41, 5.74) is 6.34. The number of aromatic nitrogens is 1. The van der Waals surface area contributed by atoms with Gasteiger partial charge in [0.05, 0.1) is 11.3 Å². The highest BCUT2D eigenvalue weighted by molar-refractivity contribution is 5.89. The number of anilines is 2. The number of carboxylic acid groups (broad SMARTS) is 1. The molecule has 1 fully saturated rings. The van der Waals surface area contributed by atoms with Gasteiger partial charge in [-0.05, 0) is 24.8 Å². The largest absolute Gasteiger partial charge is 0.478 e. The van der Waals surface area contributed by atoms with Crippen molar-refractivity contribution in [3.05, 3.63) is 17.8 Å². The molecule has 1 heterocycles. The molecule has 0 spiro atoms. The molecule has 5 nitrogen and oxygen atoms in total. The maximum atomic E-state index is 10.8. The number of nitrogen functional groups attached to an aromatic ring is 1. The normalized spacial score (nSPS) is 23.6. The number of hydrogen-bond donors (Lipinski definition) is 3. The fraction of sp³-hybridized carbons (Fsp3) is 0.538. The molecule has 2 unspecified atom stereocenters. The third-order valence-electron chi connectivity index (χ3n) is 3.44. The number of carboxylic acids is 1. The number of aromatic carboxylic acids is 1. The number of nitrogens with two attached hydrogens (primary N) is 1. The van der Waals surface area contributed by atoms with Crippen LogP contribution in [-0.4, -0.2) is 22.1 Å². The smallest absolute Gasteiger partial charge is 0.337 e. The molecular weight excluding hydrogens is 230 g/mol. The molecule has 0 aromatic carbocycles. The van der Waals surface area contributed by atoms with Crippen molar-refractivity contribution in [2.24, 2.45) is 5.92 Å². The lowest BCUT2D eigenvalue weighted by molar-refractivity contribution is 0.0696. The Morgan fingerprint density at radius 1 is 1.56 bits per heavy atom.